The van der Waals surface area contributed by atoms with E-state index in [9.17, 15) is 0 Å². The molecular formula is C20H19N5. The molecule has 2 heterocycles. The number of benzene rings is 2. The standard InChI is InChI=1S/C20H19N5/c1-2-16(15-8-4-3-5-9-15)23-20-21-13-12-19(24-20)25-14-22-17-10-6-7-11-18(17)25/h3-14,16H,2H2,1H3,(H,21,23,24)/t16-/m0/s1. The molecule has 0 fully saturated rings. The molecule has 124 valence electrons. The molecule has 0 saturated heterocycles. The lowest BCUT2D eigenvalue weighted by Crippen LogP contribution is -2.12. The molecule has 2 aromatic heterocycles. The van der Waals surface area contributed by atoms with Crippen molar-refractivity contribution in [2.45, 2.75) is 19.4 Å². The van der Waals surface area contributed by atoms with E-state index in [1.165, 1.54) is 5.56 Å². The zero-order valence-corrected chi connectivity index (χ0v) is 14.0. The third kappa shape index (κ3) is 3.08. The highest BCUT2D eigenvalue weighted by atomic mass is 15.2. The molecular weight excluding hydrogens is 310 g/mol. The molecule has 25 heavy (non-hydrogen) atoms. The Morgan fingerprint density at radius 2 is 1.76 bits per heavy atom. The summed E-state index contributed by atoms with van der Waals surface area (Å²) in [4.78, 5) is 13.5. The van der Waals surface area contributed by atoms with Crippen molar-refractivity contribution in [1.29, 1.82) is 0 Å². The molecule has 5 nitrogen and oxygen atoms in total. The maximum Gasteiger partial charge on any atom is 0.225 e. The molecule has 0 spiro atoms. The molecule has 1 atom stereocenters. The minimum absolute atomic E-state index is 0.177. The molecule has 0 radical (unpaired) electrons. The maximum absolute atomic E-state index is 4.68. The smallest absolute Gasteiger partial charge is 0.225 e. The highest BCUT2D eigenvalue weighted by Gasteiger charge is 2.11. The number of nitrogens with one attached hydrogen (secondary N) is 1. The van der Waals surface area contributed by atoms with Crippen molar-refractivity contribution >= 4 is 17.0 Å². The molecule has 4 aromatic rings. The first kappa shape index (κ1) is 15.3. The van der Waals surface area contributed by atoms with Gasteiger partial charge in [-0.3, -0.25) is 4.57 Å². The molecule has 0 aliphatic rings. The van der Waals surface area contributed by atoms with Crippen LogP contribution in [0.5, 0.6) is 0 Å². The van der Waals surface area contributed by atoms with Gasteiger partial charge in [0, 0.05) is 6.20 Å². The zero-order chi connectivity index (χ0) is 17.1. The molecule has 0 unspecified atom stereocenters. The van der Waals surface area contributed by atoms with Crippen molar-refractivity contribution in [2.75, 3.05) is 5.32 Å². The summed E-state index contributed by atoms with van der Waals surface area (Å²) in [6.07, 6.45) is 4.52. The largest absolute Gasteiger partial charge is 0.347 e. The number of para-hydroxylation sites is 2. The van der Waals surface area contributed by atoms with Crippen LogP contribution in [0.15, 0.2) is 73.2 Å². The van der Waals surface area contributed by atoms with Gasteiger partial charge in [-0.05, 0) is 30.2 Å². The number of imidazole rings is 1. The molecule has 0 bridgehead atoms. The van der Waals surface area contributed by atoms with Crippen LogP contribution >= 0.6 is 0 Å². The molecule has 0 amide bonds. The van der Waals surface area contributed by atoms with E-state index in [2.05, 4.69) is 51.5 Å². The van der Waals surface area contributed by atoms with Gasteiger partial charge in [0.1, 0.15) is 12.1 Å². The minimum atomic E-state index is 0.177. The fourth-order valence-corrected chi connectivity index (χ4v) is 2.96. The highest BCUT2D eigenvalue weighted by Crippen LogP contribution is 2.21. The Morgan fingerprint density at radius 1 is 0.960 bits per heavy atom. The van der Waals surface area contributed by atoms with E-state index in [0.717, 1.165) is 23.3 Å². The van der Waals surface area contributed by atoms with E-state index < -0.39 is 0 Å². The summed E-state index contributed by atoms with van der Waals surface area (Å²) in [7, 11) is 0. The van der Waals surface area contributed by atoms with Gasteiger partial charge in [0.25, 0.3) is 0 Å². The molecule has 1 N–H and O–H groups in total. The number of anilines is 1. The Balaban J connectivity index is 1.65. The first-order chi connectivity index (χ1) is 12.3. The number of aromatic nitrogens is 4. The van der Waals surface area contributed by atoms with Crippen molar-refractivity contribution in [3.05, 3.63) is 78.8 Å². The van der Waals surface area contributed by atoms with Crippen LogP contribution in [-0.4, -0.2) is 19.5 Å². The lowest BCUT2D eigenvalue weighted by atomic mass is 10.1. The summed E-state index contributed by atoms with van der Waals surface area (Å²) in [6.45, 7) is 2.15. The quantitative estimate of drug-likeness (QED) is 0.590. The predicted molar refractivity (Wildman–Crippen MR) is 99.8 cm³/mol. The first-order valence-electron chi connectivity index (χ1n) is 8.42. The lowest BCUT2D eigenvalue weighted by Gasteiger charge is -2.17. The second-order valence-electron chi connectivity index (χ2n) is 5.86. The minimum Gasteiger partial charge on any atom is -0.347 e. The Labute approximate surface area is 146 Å². The monoisotopic (exact) mass is 329 g/mol. The fourth-order valence-electron chi connectivity index (χ4n) is 2.96. The lowest BCUT2D eigenvalue weighted by molar-refractivity contribution is 0.737. The summed E-state index contributed by atoms with van der Waals surface area (Å²) in [5.74, 6) is 1.42. The van der Waals surface area contributed by atoms with Crippen LogP contribution in [0.3, 0.4) is 0 Å². The van der Waals surface area contributed by atoms with Crippen LogP contribution < -0.4 is 5.32 Å². The Kier molecular flexibility index (Phi) is 4.12. The van der Waals surface area contributed by atoms with Gasteiger partial charge in [-0.25, -0.2) is 9.97 Å². The first-order valence-corrected chi connectivity index (χ1v) is 8.42. The van der Waals surface area contributed by atoms with Gasteiger partial charge >= 0.3 is 0 Å². The Morgan fingerprint density at radius 3 is 2.60 bits per heavy atom. The maximum atomic E-state index is 4.68. The number of hydrogen-bond donors (Lipinski definition) is 1. The average Bonchev–Trinajstić information content (AvgIpc) is 3.11. The topological polar surface area (TPSA) is 55.6 Å². The van der Waals surface area contributed by atoms with Gasteiger partial charge in [0.15, 0.2) is 0 Å². The van der Waals surface area contributed by atoms with E-state index >= 15 is 0 Å². The van der Waals surface area contributed by atoms with E-state index in [0.29, 0.717) is 5.95 Å². The Bertz CT molecular complexity index is 977. The number of rotatable bonds is 5. The van der Waals surface area contributed by atoms with Gasteiger partial charge in [0.2, 0.25) is 5.95 Å². The van der Waals surface area contributed by atoms with E-state index in [1.54, 1.807) is 12.5 Å². The van der Waals surface area contributed by atoms with Gasteiger partial charge in [0.05, 0.1) is 17.1 Å². The Hall–Kier alpha value is -3.21. The van der Waals surface area contributed by atoms with Crippen molar-refractivity contribution in [3.8, 4) is 5.82 Å². The zero-order valence-electron chi connectivity index (χ0n) is 14.0. The van der Waals surface area contributed by atoms with Gasteiger partial charge in [-0.15, -0.1) is 0 Å². The van der Waals surface area contributed by atoms with E-state index in [4.69, 9.17) is 0 Å². The van der Waals surface area contributed by atoms with Crippen LogP contribution in [0.4, 0.5) is 5.95 Å². The highest BCUT2D eigenvalue weighted by molar-refractivity contribution is 5.76. The molecule has 0 saturated carbocycles. The van der Waals surface area contributed by atoms with E-state index in [1.807, 2.05) is 41.0 Å². The van der Waals surface area contributed by atoms with Crippen LogP contribution in [0.1, 0.15) is 24.9 Å². The average molecular weight is 329 g/mol. The van der Waals surface area contributed by atoms with Crippen LogP contribution in [0, 0.1) is 0 Å². The van der Waals surface area contributed by atoms with Gasteiger partial charge in [-0.2, -0.15) is 4.98 Å². The summed E-state index contributed by atoms with van der Waals surface area (Å²) < 4.78 is 1.98. The number of nitrogens with zero attached hydrogens (tertiary/aromatic N) is 4. The van der Waals surface area contributed by atoms with Crippen LogP contribution in [0.2, 0.25) is 0 Å². The van der Waals surface area contributed by atoms with Crippen molar-refractivity contribution in [1.82, 2.24) is 19.5 Å². The third-order valence-corrected chi connectivity index (χ3v) is 4.25. The van der Waals surface area contributed by atoms with Crippen molar-refractivity contribution in [3.63, 3.8) is 0 Å². The summed E-state index contributed by atoms with van der Waals surface area (Å²) in [6, 6.07) is 20.5. The fraction of sp³-hybridized carbons (Fsp3) is 0.150. The van der Waals surface area contributed by atoms with Crippen molar-refractivity contribution < 1.29 is 0 Å². The second kappa shape index (κ2) is 6.73. The number of hydrogen-bond acceptors (Lipinski definition) is 4. The second-order valence-corrected chi connectivity index (χ2v) is 5.86. The van der Waals surface area contributed by atoms with Crippen molar-refractivity contribution in [2.24, 2.45) is 0 Å². The van der Waals surface area contributed by atoms with E-state index in [-0.39, 0.29) is 6.04 Å². The number of fused-ring (bicyclic) bond motifs is 1. The van der Waals surface area contributed by atoms with Gasteiger partial charge in [-0.1, -0.05) is 49.4 Å². The van der Waals surface area contributed by atoms with Crippen LogP contribution in [-0.2, 0) is 0 Å². The molecule has 0 aliphatic carbocycles. The summed E-state index contributed by atoms with van der Waals surface area (Å²) >= 11 is 0. The molecule has 5 heteroatoms. The molecule has 2 aromatic carbocycles. The summed E-state index contributed by atoms with van der Waals surface area (Å²) in [5.41, 5.74) is 3.21. The third-order valence-electron chi connectivity index (χ3n) is 4.25. The molecule has 4 rings (SSSR count). The summed E-state index contributed by atoms with van der Waals surface area (Å²) in [5, 5.41) is 3.44. The molecule has 0 aliphatic heterocycles. The van der Waals surface area contributed by atoms with Gasteiger partial charge < -0.3 is 5.32 Å². The SMILES string of the molecule is CC[C@H](Nc1nccc(-n2cnc3ccccc32)n1)c1ccccc1. The normalized spacial score (nSPS) is 12.2. The van der Waals surface area contributed by atoms with Crippen LogP contribution in [0.25, 0.3) is 16.9 Å². The predicted octanol–water partition coefficient (Wildman–Crippen LogP) is 4.38.